The maximum absolute atomic E-state index is 12.6. The standard InChI is InChI=1S/C18H14F3NO3S/c1-11-2-8-14(9-3-11)26-15-10-16(23)22(17(15)24)12-4-6-13(7-5-12)25-18(19,20)21/h2-9,15H,10H2,1H3/t15-/m0/s1. The largest absolute Gasteiger partial charge is 0.573 e. The van der Waals surface area contributed by atoms with Crippen LogP contribution in [0.4, 0.5) is 18.9 Å². The number of ether oxygens (including phenoxy) is 1. The Bertz CT molecular complexity index is 819. The van der Waals surface area contributed by atoms with Gasteiger partial charge >= 0.3 is 6.36 Å². The van der Waals surface area contributed by atoms with Crippen LogP contribution in [-0.2, 0) is 9.59 Å². The smallest absolute Gasteiger partial charge is 0.406 e. The van der Waals surface area contributed by atoms with Crippen LogP contribution in [0, 0.1) is 6.92 Å². The Morgan fingerprint density at radius 1 is 1.04 bits per heavy atom. The Hall–Kier alpha value is -2.48. The van der Waals surface area contributed by atoms with E-state index in [1.54, 1.807) is 0 Å². The number of thioether (sulfide) groups is 1. The highest BCUT2D eigenvalue weighted by atomic mass is 32.2. The Morgan fingerprint density at radius 3 is 2.23 bits per heavy atom. The number of anilines is 1. The lowest BCUT2D eigenvalue weighted by Gasteiger charge is -2.16. The van der Waals surface area contributed by atoms with E-state index in [4.69, 9.17) is 0 Å². The monoisotopic (exact) mass is 381 g/mol. The van der Waals surface area contributed by atoms with Crippen molar-refractivity contribution >= 4 is 29.3 Å². The van der Waals surface area contributed by atoms with Crippen LogP contribution in [0.15, 0.2) is 53.4 Å². The molecule has 3 rings (SSSR count). The summed E-state index contributed by atoms with van der Waals surface area (Å²) in [6, 6.07) is 12.3. The second-order valence-electron chi connectivity index (χ2n) is 5.73. The maximum Gasteiger partial charge on any atom is 0.573 e. The molecule has 0 bridgehead atoms. The second kappa shape index (κ2) is 7.03. The number of carbonyl (C=O) groups is 2. The minimum absolute atomic E-state index is 0.0399. The molecule has 0 unspecified atom stereocenters. The van der Waals surface area contributed by atoms with Crippen molar-refractivity contribution in [2.75, 3.05) is 4.90 Å². The van der Waals surface area contributed by atoms with E-state index in [0.717, 1.165) is 27.5 Å². The van der Waals surface area contributed by atoms with Gasteiger partial charge in [-0.1, -0.05) is 17.7 Å². The molecule has 1 aliphatic heterocycles. The van der Waals surface area contributed by atoms with E-state index in [1.165, 1.54) is 23.9 Å². The number of nitrogens with zero attached hydrogens (tertiary/aromatic N) is 1. The average molecular weight is 381 g/mol. The van der Waals surface area contributed by atoms with E-state index in [2.05, 4.69) is 4.74 Å². The fourth-order valence-corrected chi connectivity index (χ4v) is 3.60. The van der Waals surface area contributed by atoms with Crippen LogP contribution in [0.5, 0.6) is 5.75 Å². The molecule has 0 N–H and O–H groups in total. The van der Waals surface area contributed by atoms with Gasteiger partial charge in [0.2, 0.25) is 11.8 Å². The molecule has 26 heavy (non-hydrogen) atoms. The molecule has 8 heteroatoms. The first-order valence-corrected chi connectivity index (χ1v) is 8.57. The van der Waals surface area contributed by atoms with Crippen LogP contribution in [0.3, 0.4) is 0 Å². The van der Waals surface area contributed by atoms with Crippen LogP contribution in [0.1, 0.15) is 12.0 Å². The first kappa shape index (κ1) is 18.3. The van der Waals surface area contributed by atoms with Gasteiger partial charge in [-0.05, 0) is 43.3 Å². The van der Waals surface area contributed by atoms with Gasteiger partial charge in [-0.3, -0.25) is 9.59 Å². The minimum atomic E-state index is -4.80. The van der Waals surface area contributed by atoms with Gasteiger partial charge in [0.15, 0.2) is 0 Å². The van der Waals surface area contributed by atoms with E-state index < -0.39 is 17.4 Å². The van der Waals surface area contributed by atoms with Crippen molar-refractivity contribution in [3.8, 4) is 5.75 Å². The third-order valence-corrected chi connectivity index (χ3v) is 4.93. The molecule has 1 atom stereocenters. The molecule has 2 aromatic rings. The number of amides is 2. The van der Waals surface area contributed by atoms with E-state index in [1.807, 2.05) is 31.2 Å². The van der Waals surface area contributed by atoms with Gasteiger partial charge in [0, 0.05) is 11.3 Å². The van der Waals surface area contributed by atoms with Gasteiger partial charge in [0.1, 0.15) is 5.75 Å². The van der Waals surface area contributed by atoms with Gasteiger partial charge in [0.05, 0.1) is 10.9 Å². The molecule has 0 aromatic heterocycles. The van der Waals surface area contributed by atoms with Gasteiger partial charge < -0.3 is 4.74 Å². The average Bonchev–Trinajstić information content (AvgIpc) is 2.83. The number of rotatable bonds is 4. The molecule has 136 valence electrons. The molecule has 1 aliphatic rings. The Labute approximate surface area is 151 Å². The zero-order valence-corrected chi connectivity index (χ0v) is 14.4. The first-order valence-electron chi connectivity index (χ1n) is 7.69. The lowest BCUT2D eigenvalue weighted by molar-refractivity contribution is -0.274. The van der Waals surface area contributed by atoms with Crippen LogP contribution in [0.25, 0.3) is 0 Å². The maximum atomic E-state index is 12.6. The Morgan fingerprint density at radius 2 is 1.65 bits per heavy atom. The number of halogens is 3. The van der Waals surface area contributed by atoms with Gasteiger partial charge in [-0.2, -0.15) is 0 Å². The summed E-state index contributed by atoms with van der Waals surface area (Å²) in [5.74, 6) is -1.18. The fourth-order valence-electron chi connectivity index (χ4n) is 2.55. The van der Waals surface area contributed by atoms with Crippen LogP contribution in [0.2, 0.25) is 0 Å². The topological polar surface area (TPSA) is 46.6 Å². The van der Waals surface area contributed by atoms with Crippen molar-refractivity contribution < 1.29 is 27.5 Å². The highest BCUT2D eigenvalue weighted by Gasteiger charge is 2.40. The van der Waals surface area contributed by atoms with E-state index in [-0.39, 0.29) is 23.9 Å². The quantitative estimate of drug-likeness (QED) is 0.740. The van der Waals surface area contributed by atoms with Crippen LogP contribution < -0.4 is 9.64 Å². The fraction of sp³-hybridized carbons (Fsp3) is 0.222. The Balaban J connectivity index is 1.73. The summed E-state index contributed by atoms with van der Waals surface area (Å²) in [5, 5.41) is -0.559. The number of hydrogen-bond donors (Lipinski definition) is 0. The van der Waals surface area contributed by atoms with E-state index >= 15 is 0 Å². The van der Waals surface area contributed by atoms with Crippen molar-refractivity contribution in [3.05, 3.63) is 54.1 Å². The molecule has 2 amide bonds. The summed E-state index contributed by atoms with van der Waals surface area (Å²) < 4.78 is 40.4. The lowest BCUT2D eigenvalue weighted by Crippen LogP contribution is -2.31. The SMILES string of the molecule is Cc1ccc(S[C@H]2CC(=O)N(c3ccc(OC(F)(F)F)cc3)C2=O)cc1. The van der Waals surface area contributed by atoms with Crippen molar-refractivity contribution in [3.63, 3.8) is 0 Å². The molecule has 0 spiro atoms. The van der Waals surface area contributed by atoms with Crippen molar-refractivity contribution in [1.29, 1.82) is 0 Å². The zero-order chi connectivity index (χ0) is 18.9. The first-order chi connectivity index (χ1) is 12.2. The summed E-state index contributed by atoms with van der Waals surface area (Å²) in [6.07, 6.45) is -4.76. The van der Waals surface area contributed by atoms with Gasteiger partial charge in [0.25, 0.3) is 0 Å². The zero-order valence-electron chi connectivity index (χ0n) is 13.6. The molecular formula is C18H14F3NO3S. The van der Waals surface area contributed by atoms with Gasteiger partial charge in [-0.25, -0.2) is 4.90 Å². The molecule has 1 fully saturated rings. The Kier molecular flexibility index (Phi) is 4.95. The summed E-state index contributed by atoms with van der Waals surface area (Å²) in [5.41, 5.74) is 1.31. The molecular weight excluding hydrogens is 367 g/mol. The molecule has 0 radical (unpaired) electrons. The predicted octanol–water partition coefficient (Wildman–Crippen LogP) is 4.32. The van der Waals surface area contributed by atoms with Gasteiger partial charge in [-0.15, -0.1) is 24.9 Å². The lowest BCUT2D eigenvalue weighted by atomic mass is 10.2. The number of imide groups is 1. The van der Waals surface area contributed by atoms with Crippen molar-refractivity contribution in [2.45, 2.75) is 29.9 Å². The molecule has 1 saturated heterocycles. The summed E-state index contributed by atoms with van der Waals surface area (Å²) in [7, 11) is 0. The summed E-state index contributed by atoms with van der Waals surface area (Å²) in [6.45, 7) is 1.95. The minimum Gasteiger partial charge on any atom is -0.406 e. The van der Waals surface area contributed by atoms with E-state index in [0.29, 0.717) is 0 Å². The number of carbonyl (C=O) groups excluding carboxylic acids is 2. The normalized spacial score (nSPS) is 17.7. The van der Waals surface area contributed by atoms with Crippen LogP contribution in [-0.4, -0.2) is 23.4 Å². The van der Waals surface area contributed by atoms with Crippen molar-refractivity contribution in [1.82, 2.24) is 0 Å². The number of benzene rings is 2. The second-order valence-corrected chi connectivity index (χ2v) is 7.01. The third kappa shape index (κ3) is 4.19. The van der Waals surface area contributed by atoms with E-state index in [9.17, 15) is 22.8 Å². The van der Waals surface area contributed by atoms with Crippen LogP contribution >= 0.6 is 11.8 Å². The third-order valence-electron chi connectivity index (χ3n) is 3.73. The predicted molar refractivity (Wildman–Crippen MR) is 91.1 cm³/mol. The number of hydrogen-bond acceptors (Lipinski definition) is 4. The summed E-state index contributed by atoms with van der Waals surface area (Å²) in [4.78, 5) is 26.7. The molecule has 4 nitrogen and oxygen atoms in total. The molecule has 0 saturated carbocycles. The highest BCUT2D eigenvalue weighted by molar-refractivity contribution is 8.00. The highest BCUT2D eigenvalue weighted by Crippen LogP contribution is 2.35. The summed E-state index contributed by atoms with van der Waals surface area (Å²) >= 11 is 1.30. The number of aryl methyl sites for hydroxylation is 1. The molecule has 0 aliphatic carbocycles. The van der Waals surface area contributed by atoms with Crippen molar-refractivity contribution in [2.24, 2.45) is 0 Å². The number of alkyl halides is 3. The molecule has 1 heterocycles. The molecule has 2 aromatic carbocycles.